The molecule has 0 radical (unpaired) electrons. The molecule has 0 aromatic heterocycles. The molecule has 0 saturated carbocycles. The first-order chi connectivity index (χ1) is 14.2. The Bertz CT molecular complexity index is 690. The van der Waals surface area contributed by atoms with Crippen LogP contribution >= 0.6 is 0 Å². The first kappa shape index (κ1) is 25.9. The summed E-state index contributed by atoms with van der Waals surface area (Å²) in [5.41, 5.74) is 1.80. The zero-order valence-corrected chi connectivity index (χ0v) is 19.8. The van der Waals surface area contributed by atoms with Crippen LogP contribution in [0.3, 0.4) is 0 Å². The third-order valence-electron chi connectivity index (χ3n) is 5.88. The molecule has 0 bridgehead atoms. The third kappa shape index (κ3) is 7.62. The van der Waals surface area contributed by atoms with Crippen molar-refractivity contribution in [3.8, 4) is 0 Å². The van der Waals surface area contributed by atoms with Gasteiger partial charge in [-0.05, 0) is 79.1 Å². The highest BCUT2D eigenvalue weighted by Crippen LogP contribution is 2.38. The molecule has 30 heavy (non-hydrogen) atoms. The summed E-state index contributed by atoms with van der Waals surface area (Å²) in [5.74, 6) is -0.166. The number of hydrogen-bond acceptors (Lipinski definition) is 4. The Morgan fingerprint density at radius 2 is 1.47 bits per heavy atom. The summed E-state index contributed by atoms with van der Waals surface area (Å²) < 4.78 is 9.83. The predicted molar refractivity (Wildman–Crippen MR) is 123 cm³/mol. The second-order valence-corrected chi connectivity index (χ2v) is 8.90. The van der Waals surface area contributed by atoms with Crippen molar-refractivity contribution in [1.29, 1.82) is 0 Å². The number of esters is 2. The number of allylic oxidation sites excluding steroid dienone is 7. The van der Waals surface area contributed by atoms with Gasteiger partial charge in [-0.1, -0.05) is 47.6 Å². The van der Waals surface area contributed by atoms with E-state index in [0.29, 0.717) is 0 Å². The van der Waals surface area contributed by atoms with Crippen molar-refractivity contribution in [3.05, 3.63) is 47.6 Å². The Kier molecular flexibility index (Phi) is 10.9. The van der Waals surface area contributed by atoms with E-state index in [4.69, 9.17) is 9.47 Å². The van der Waals surface area contributed by atoms with Gasteiger partial charge in [0.15, 0.2) is 0 Å². The fraction of sp³-hybridized carbons (Fsp3) is 0.615. The van der Waals surface area contributed by atoms with Crippen LogP contribution in [0.2, 0.25) is 0 Å². The summed E-state index contributed by atoms with van der Waals surface area (Å²) in [6.45, 7) is 8.22. The highest BCUT2D eigenvalue weighted by molar-refractivity contribution is 5.79. The number of carbonyl (C=O) groups is 2. The van der Waals surface area contributed by atoms with Gasteiger partial charge in [0.25, 0.3) is 0 Å². The molecule has 0 fully saturated rings. The van der Waals surface area contributed by atoms with E-state index >= 15 is 0 Å². The third-order valence-corrected chi connectivity index (χ3v) is 5.88. The summed E-state index contributed by atoms with van der Waals surface area (Å²) in [5, 5.41) is 0. The lowest BCUT2D eigenvalue weighted by Gasteiger charge is -2.31. The van der Waals surface area contributed by atoms with E-state index in [1.54, 1.807) is 0 Å². The Hall–Kier alpha value is -2.10. The van der Waals surface area contributed by atoms with Gasteiger partial charge in [-0.3, -0.25) is 9.59 Å². The van der Waals surface area contributed by atoms with Gasteiger partial charge < -0.3 is 9.47 Å². The molecule has 4 heteroatoms. The normalized spacial score (nSPS) is 24.7. The molecule has 168 valence electrons. The van der Waals surface area contributed by atoms with Gasteiger partial charge in [0, 0.05) is 0 Å². The highest BCUT2D eigenvalue weighted by atomic mass is 16.5. The molecule has 0 amide bonds. The van der Waals surface area contributed by atoms with Gasteiger partial charge in [-0.25, -0.2) is 0 Å². The summed E-state index contributed by atoms with van der Waals surface area (Å²) in [7, 11) is 2.94. The number of ether oxygens (including phenoxy) is 2. The van der Waals surface area contributed by atoms with Crippen LogP contribution in [-0.2, 0) is 19.1 Å². The molecule has 2 aliphatic carbocycles. The molecule has 4 nitrogen and oxygen atoms in total. The van der Waals surface area contributed by atoms with Gasteiger partial charge in [0.1, 0.15) is 0 Å². The monoisotopic (exact) mass is 416 g/mol. The molecule has 2 rings (SSSR count). The molecule has 0 aromatic carbocycles. The van der Waals surface area contributed by atoms with Crippen molar-refractivity contribution < 1.29 is 19.1 Å². The smallest absolute Gasteiger partial charge is 0.315 e. The fourth-order valence-corrected chi connectivity index (χ4v) is 3.90. The maximum absolute atomic E-state index is 11.8. The van der Waals surface area contributed by atoms with E-state index in [1.807, 2.05) is 6.08 Å². The average Bonchev–Trinajstić information content (AvgIpc) is 2.76. The van der Waals surface area contributed by atoms with Gasteiger partial charge in [-0.15, -0.1) is 0 Å². The first-order valence-electron chi connectivity index (χ1n) is 11.0. The van der Waals surface area contributed by atoms with Gasteiger partial charge >= 0.3 is 11.9 Å². The van der Waals surface area contributed by atoms with E-state index in [0.717, 1.165) is 51.4 Å². The molecule has 0 aromatic rings. The van der Waals surface area contributed by atoms with Crippen LogP contribution in [0, 0.1) is 10.8 Å². The topological polar surface area (TPSA) is 52.6 Å². The maximum Gasteiger partial charge on any atom is 0.315 e. The van der Waals surface area contributed by atoms with E-state index in [2.05, 4.69) is 58.1 Å². The average molecular weight is 417 g/mol. The van der Waals surface area contributed by atoms with Crippen molar-refractivity contribution >= 4 is 11.9 Å². The lowest BCUT2D eigenvalue weighted by molar-refractivity contribution is -0.153. The minimum atomic E-state index is -0.399. The van der Waals surface area contributed by atoms with Crippen molar-refractivity contribution in [1.82, 2.24) is 0 Å². The lowest BCUT2D eigenvalue weighted by Crippen LogP contribution is -2.32. The van der Waals surface area contributed by atoms with Crippen molar-refractivity contribution in [2.75, 3.05) is 14.2 Å². The Labute approximate surface area is 183 Å². The van der Waals surface area contributed by atoms with E-state index in [1.165, 1.54) is 25.4 Å². The second-order valence-electron chi connectivity index (χ2n) is 8.90. The van der Waals surface area contributed by atoms with Crippen LogP contribution in [0.4, 0.5) is 0 Å². The van der Waals surface area contributed by atoms with Crippen LogP contribution in [0.1, 0.15) is 79.1 Å². The molecule has 0 heterocycles. The summed E-state index contributed by atoms with van der Waals surface area (Å²) >= 11 is 0. The van der Waals surface area contributed by atoms with Crippen LogP contribution in [0.5, 0.6) is 0 Å². The summed E-state index contributed by atoms with van der Waals surface area (Å²) in [6, 6.07) is 0. The Morgan fingerprint density at radius 1 is 0.833 bits per heavy atom. The molecule has 2 atom stereocenters. The minimum absolute atomic E-state index is 0.0654. The highest BCUT2D eigenvalue weighted by Gasteiger charge is 2.38. The summed E-state index contributed by atoms with van der Waals surface area (Å²) in [4.78, 5) is 23.6. The predicted octanol–water partition coefficient (Wildman–Crippen LogP) is 6.48. The van der Waals surface area contributed by atoms with E-state index in [-0.39, 0.29) is 17.4 Å². The molecule has 0 spiro atoms. The summed E-state index contributed by atoms with van der Waals surface area (Å²) in [6.07, 6.45) is 19.9. The Morgan fingerprint density at radius 3 is 1.93 bits per heavy atom. The van der Waals surface area contributed by atoms with Crippen LogP contribution in [0.15, 0.2) is 47.6 Å². The van der Waals surface area contributed by atoms with Crippen LogP contribution < -0.4 is 0 Å². The lowest BCUT2D eigenvalue weighted by atomic mass is 9.74. The fourth-order valence-electron chi connectivity index (χ4n) is 3.90. The van der Waals surface area contributed by atoms with Crippen LogP contribution in [0.25, 0.3) is 0 Å². The maximum atomic E-state index is 11.8. The second kappa shape index (κ2) is 12.6. The number of rotatable bonds is 6. The molecular weight excluding hydrogens is 376 g/mol. The van der Waals surface area contributed by atoms with Gasteiger partial charge in [-0.2, -0.15) is 0 Å². The Balaban J connectivity index is 0.000000300. The van der Waals surface area contributed by atoms with Crippen molar-refractivity contribution in [2.24, 2.45) is 10.8 Å². The molecule has 0 aliphatic heterocycles. The SMILES string of the molecule is COC(=O)C1(CC=C(C)C)C=CCCC1.COC(=O)C1(CC=C(C)C)CC=CCC1. The van der Waals surface area contributed by atoms with Gasteiger partial charge in [0.2, 0.25) is 0 Å². The van der Waals surface area contributed by atoms with Crippen molar-refractivity contribution in [3.63, 3.8) is 0 Å². The molecule has 0 N–H and O–H groups in total. The van der Waals surface area contributed by atoms with E-state index in [9.17, 15) is 9.59 Å². The molecule has 0 saturated heterocycles. The van der Waals surface area contributed by atoms with E-state index < -0.39 is 5.41 Å². The van der Waals surface area contributed by atoms with Gasteiger partial charge in [0.05, 0.1) is 25.0 Å². The van der Waals surface area contributed by atoms with Crippen molar-refractivity contribution in [2.45, 2.75) is 79.1 Å². The minimum Gasteiger partial charge on any atom is -0.469 e. The zero-order valence-electron chi connectivity index (χ0n) is 19.8. The molecule has 2 unspecified atom stereocenters. The number of methoxy groups -OCH3 is 2. The first-order valence-corrected chi connectivity index (χ1v) is 11.0. The quantitative estimate of drug-likeness (QED) is 0.367. The molecule has 2 aliphatic rings. The van der Waals surface area contributed by atoms with Crippen LogP contribution in [-0.4, -0.2) is 26.2 Å². The number of carbonyl (C=O) groups excluding carboxylic acids is 2. The largest absolute Gasteiger partial charge is 0.469 e. The zero-order chi connectivity index (χ0) is 22.6. The molecular formula is C26H40O4. The number of hydrogen-bond donors (Lipinski definition) is 0. The standard InChI is InChI=1S/2C13H20O2/c2*1-11(2)7-10-13(12(14)15-3)8-5-4-6-9-13/h5,7-8H,4,6,9-10H2,1-3H3;4-5,7H,6,8-10H2,1-3H3.